The van der Waals surface area contributed by atoms with Gasteiger partial charge in [-0.15, -0.1) is 6.42 Å². The third-order valence-corrected chi connectivity index (χ3v) is 3.72. The maximum atomic E-state index is 8.31. The highest BCUT2D eigenvalue weighted by molar-refractivity contribution is 7.98. The predicted octanol–water partition coefficient (Wildman–Crippen LogP) is 2.16. The first-order chi connectivity index (χ1) is 8.36. The Morgan fingerprint density at radius 2 is 2.53 bits per heavy atom. The molecule has 2 heterocycles. The largest absolute Gasteiger partial charge is 0.257 e. The lowest BCUT2D eigenvalue weighted by Gasteiger charge is -2.10. The smallest absolute Gasteiger partial charge is 0.102 e. The molecule has 1 aliphatic heterocycles. The molecule has 0 bridgehead atoms. The third kappa shape index (κ3) is 2.57. The number of fused-ring (bicyclic) bond motifs is 1. The number of rotatable bonds is 4. The van der Waals surface area contributed by atoms with Crippen LogP contribution in [0.15, 0.2) is 5.11 Å². The molecule has 0 saturated heterocycles. The van der Waals surface area contributed by atoms with Gasteiger partial charge in [0.1, 0.15) is 6.54 Å². The molecule has 88 valence electrons. The van der Waals surface area contributed by atoms with Crippen LogP contribution in [0, 0.1) is 12.3 Å². The maximum Gasteiger partial charge on any atom is 0.102 e. The zero-order valence-electron chi connectivity index (χ0n) is 9.46. The number of azide groups is 1. The molecule has 0 atom stereocenters. The number of aromatic nitrogens is 2. The molecule has 0 amide bonds. The summed E-state index contributed by atoms with van der Waals surface area (Å²) in [7, 11) is 0. The van der Waals surface area contributed by atoms with Crippen LogP contribution in [-0.2, 0) is 25.1 Å². The average molecular weight is 247 g/mol. The lowest BCUT2D eigenvalue weighted by Crippen LogP contribution is -2.06. The molecule has 0 N–H and O–H groups in total. The van der Waals surface area contributed by atoms with Crippen LogP contribution in [-0.4, -0.2) is 22.1 Å². The molecule has 0 spiro atoms. The SMILES string of the molecule is C#CCn1nc2c(c1CCN=[N+]=[N-])CSCC2. The summed E-state index contributed by atoms with van der Waals surface area (Å²) in [6.07, 6.45) is 7.07. The van der Waals surface area contributed by atoms with Gasteiger partial charge in [-0.05, 0) is 17.7 Å². The van der Waals surface area contributed by atoms with Crippen LogP contribution in [0.5, 0.6) is 0 Å². The molecule has 17 heavy (non-hydrogen) atoms. The summed E-state index contributed by atoms with van der Waals surface area (Å²) in [5.74, 6) is 4.73. The predicted molar refractivity (Wildman–Crippen MR) is 68.6 cm³/mol. The third-order valence-electron chi connectivity index (χ3n) is 2.73. The van der Waals surface area contributed by atoms with Gasteiger partial charge in [-0.3, -0.25) is 4.68 Å². The first-order valence-electron chi connectivity index (χ1n) is 5.46. The highest BCUT2D eigenvalue weighted by Crippen LogP contribution is 2.27. The molecule has 0 fully saturated rings. The van der Waals surface area contributed by atoms with Crippen molar-refractivity contribution in [2.45, 2.75) is 25.1 Å². The second kappa shape index (κ2) is 5.67. The summed E-state index contributed by atoms with van der Waals surface area (Å²) in [5.41, 5.74) is 11.9. The lowest BCUT2D eigenvalue weighted by molar-refractivity contribution is 0.655. The zero-order chi connectivity index (χ0) is 12.1. The van der Waals surface area contributed by atoms with Crippen LogP contribution in [0.3, 0.4) is 0 Å². The molecular formula is C11H13N5S. The van der Waals surface area contributed by atoms with Gasteiger partial charge in [0.25, 0.3) is 0 Å². The van der Waals surface area contributed by atoms with Crippen molar-refractivity contribution in [2.75, 3.05) is 12.3 Å². The molecule has 2 rings (SSSR count). The fourth-order valence-electron chi connectivity index (χ4n) is 2.00. The second-order valence-corrected chi connectivity index (χ2v) is 4.85. The molecular weight excluding hydrogens is 234 g/mol. The van der Waals surface area contributed by atoms with E-state index in [4.69, 9.17) is 12.0 Å². The number of terminal acetylenes is 1. The molecule has 1 aromatic rings. The topological polar surface area (TPSA) is 66.6 Å². The molecule has 0 unspecified atom stereocenters. The van der Waals surface area contributed by atoms with Crippen molar-refractivity contribution in [1.82, 2.24) is 9.78 Å². The van der Waals surface area contributed by atoms with E-state index in [9.17, 15) is 0 Å². The van der Waals surface area contributed by atoms with Crippen molar-refractivity contribution in [3.05, 3.63) is 27.4 Å². The Bertz CT molecular complexity index is 493. The van der Waals surface area contributed by atoms with E-state index in [1.165, 1.54) is 5.56 Å². The molecule has 1 aliphatic rings. The van der Waals surface area contributed by atoms with E-state index in [-0.39, 0.29) is 0 Å². The standard InChI is InChI=1S/C11H13N5S/c1-2-6-16-11(3-5-13-15-12)9-8-17-7-4-10(9)14-16/h1H,3-8H2. The normalized spacial score (nSPS) is 13.6. The van der Waals surface area contributed by atoms with Crippen molar-refractivity contribution >= 4 is 11.8 Å². The van der Waals surface area contributed by atoms with Crippen molar-refractivity contribution < 1.29 is 0 Å². The van der Waals surface area contributed by atoms with E-state index in [1.54, 1.807) is 0 Å². The Kier molecular flexibility index (Phi) is 3.97. The molecule has 5 nitrogen and oxygen atoms in total. The van der Waals surface area contributed by atoms with Gasteiger partial charge in [0.2, 0.25) is 0 Å². The zero-order valence-corrected chi connectivity index (χ0v) is 10.3. The van der Waals surface area contributed by atoms with Gasteiger partial charge < -0.3 is 0 Å². The van der Waals surface area contributed by atoms with Crippen molar-refractivity contribution in [3.63, 3.8) is 0 Å². The minimum absolute atomic E-state index is 0.462. The van der Waals surface area contributed by atoms with Crippen molar-refractivity contribution in [2.24, 2.45) is 5.11 Å². The molecule has 1 aromatic heterocycles. The molecule has 0 saturated carbocycles. The number of thioether (sulfide) groups is 1. The summed E-state index contributed by atoms with van der Waals surface area (Å²) >= 11 is 1.91. The van der Waals surface area contributed by atoms with Crippen LogP contribution in [0.2, 0.25) is 0 Å². The number of nitrogens with zero attached hydrogens (tertiary/aromatic N) is 5. The highest BCUT2D eigenvalue weighted by Gasteiger charge is 2.19. The quantitative estimate of drug-likeness (QED) is 0.354. The Balaban J connectivity index is 2.28. The average Bonchev–Trinajstić information content (AvgIpc) is 2.69. The monoisotopic (exact) mass is 247 g/mol. The van der Waals surface area contributed by atoms with Gasteiger partial charge in [-0.25, -0.2) is 0 Å². The molecule has 0 aromatic carbocycles. The Hall–Kier alpha value is -1.57. The van der Waals surface area contributed by atoms with Gasteiger partial charge in [0.15, 0.2) is 0 Å². The van der Waals surface area contributed by atoms with E-state index < -0.39 is 0 Å². The minimum Gasteiger partial charge on any atom is -0.257 e. The van der Waals surface area contributed by atoms with Crippen LogP contribution >= 0.6 is 11.8 Å². The van der Waals surface area contributed by atoms with Gasteiger partial charge in [0, 0.05) is 34.9 Å². The van der Waals surface area contributed by atoms with Crippen LogP contribution in [0.25, 0.3) is 10.4 Å². The first-order valence-corrected chi connectivity index (χ1v) is 6.61. The lowest BCUT2D eigenvalue weighted by atomic mass is 10.1. The molecule has 6 heteroatoms. The van der Waals surface area contributed by atoms with E-state index in [1.807, 2.05) is 16.4 Å². The minimum atomic E-state index is 0.462. The van der Waals surface area contributed by atoms with E-state index in [0.29, 0.717) is 19.5 Å². The fourth-order valence-corrected chi connectivity index (χ4v) is 3.02. The summed E-state index contributed by atoms with van der Waals surface area (Å²) in [4.78, 5) is 2.77. The Morgan fingerprint density at radius 3 is 3.29 bits per heavy atom. The highest BCUT2D eigenvalue weighted by atomic mass is 32.2. The van der Waals surface area contributed by atoms with Gasteiger partial charge >= 0.3 is 0 Å². The number of hydrogen-bond acceptors (Lipinski definition) is 3. The fraction of sp³-hybridized carbons (Fsp3) is 0.545. The van der Waals surface area contributed by atoms with Gasteiger partial charge in [-0.2, -0.15) is 16.9 Å². The van der Waals surface area contributed by atoms with Crippen LogP contribution < -0.4 is 0 Å². The summed E-state index contributed by atoms with van der Waals surface area (Å²) in [5, 5.41) is 8.12. The summed E-state index contributed by atoms with van der Waals surface area (Å²) < 4.78 is 1.88. The first kappa shape index (κ1) is 11.9. The number of aryl methyl sites for hydroxylation is 1. The molecule has 0 radical (unpaired) electrons. The number of hydrogen-bond donors (Lipinski definition) is 0. The van der Waals surface area contributed by atoms with Crippen LogP contribution in [0.1, 0.15) is 17.0 Å². The van der Waals surface area contributed by atoms with E-state index in [0.717, 1.165) is 29.3 Å². The Labute approximate surface area is 104 Å². The van der Waals surface area contributed by atoms with E-state index >= 15 is 0 Å². The van der Waals surface area contributed by atoms with E-state index in [2.05, 4.69) is 21.0 Å². The summed E-state index contributed by atoms with van der Waals surface area (Å²) in [6.45, 7) is 0.952. The maximum absolute atomic E-state index is 8.31. The Morgan fingerprint density at radius 1 is 1.65 bits per heavy atom. The van der Waals surface area contributed by atoms with Gasteiger partial charge in [0.05, 0.1) is 5.69 Å². The second-order valence-electron chi connectivity index (χ2n) is 3.74. The van der Waals surface area contributed by atoms with Crippen molar-refractivity contribution in [1.29, 1.82) is 0 Å². The molecule has 0 aliphatic carbocycles. The van der Waals surface area contributed by atoms with Crippen molar-refractivity contribution in [3.8, 4) is 12.3 Å². The van der Waals surface area contributed by atoms with Gasteiger partial charge in [-0.1, -0.05) is 11.0 Å². The summed E-state index contributed by atoms with van der Waals surface area (Å²) in [6, 6.07) is 0. The van der Waals surface area contributed by atoms with Crippen LogP contribution in [0.4, 0.5) is 0 Å².